The van der Waals surface area contributed by atoms with Gasteiger partial charge in [0.2, 0.25) is 0 Å². The fourth-order valence-electron chi connectivity index (χ4n) is 1.53. The number of halogens is 1. The minimum Gasteiger partial charge on any atom is -0.309 e. The fourth-order valence-corrected chi connectivity index (χ4v) is 1.53. The Morgan fingerprint density at radius 2 is 2.42 bits per heavy atom. The zero-order valence-corrected chi connectivity index (χ0v) is 6.76. The summed E-state index contributed by atoms with van der Waals surface area (Å²) in [6, 6.07) is 3.55. The standard InChI is InChI=1S/C9H11FN2/c10-7-3-4-9(12-6-7)8-2-1-5-11-8/h3-4,6,8,11H,1-2,5H2/t8-/m0/s1. The predicted octanol–water partition coefficient (Wildman–Crippen LogP) is 1.65. The summed E-state index contributed by atoms with van der Waals surface area (Å²) < 4.78 is 12.5. The van der Waals surface area contributed by atoms with Crippen LogP contribution in [0.4, 0.5) is 4.39 Å². The van der Waals surface area contributed by atoms with Gasteiger partial charge < -0.3 is 5.32 Å². The summed E-state index contributed by atoms with van der Waals surface area (Å²) in [5, 5.41) is 3.31. The van der Waals surface area contributed by atoms with E-state index in [-0.39, 0.29) is 5.82 Å². The van der Waals surface area contributed by atoms with E-state index in [4.69, 9.17) is 0 Å². The quantitative estimate of drug-likeness (QED) is 0.686. The van der Waals surface area contributed by atoms with Gasteiger partial charge in [-0.25, -0.2) is 4.39 Å². The molecule has 0 spiro atoms. The molecular weight excluding hydrogens is 155 g/mol. The molecule has 0 radical (unpaired) electrons. The van der Waals surface area contributed by atoms with Crippen molar-refractivity contribution in [1.82, 2.24) is 10.3 Å². The Hall–Kier alpha value is -0.960. The summed E-state index contributed by atoms with van der Waals surface area (Å²) in [5.41, 5.74) is 0.953. The van der Waals surface area contributed by atoms with Gasteiger partial charge in [0, 0.05) is 6.04 Å². The van der Waals surface area contributed by atoms with Crippen LogP contribution >= 0.6 is 0 Å². The van der Waals surface area contributed by atoms with Gasteiger partial charge in [-0.3, -0.25) is 4.98 Å². The van der Waals surface area contributed by atoms with Crippen LogP contribution < -0.4 is 5.32 Å². The van der Waals surface area contributed by atoms with Gasteiger partial charge in [0.05, 0.1) is 11.9 Å². The van der Waals surface area contributed by atoms with Gasteiger partial charge in [-0.15, -0.1) is 0 Å². The maximum Gasteiger partial charge on any atom is 0.141 e. The normalized spacial score (nSPS) is 22.9. The molecule has 1 aromatic rings. The lowest BCUT2D eigenvalue weighted by Crippen LogP contribution is -2.13. The third-order valence-electron chi connectivity index (χ3n) is 2.17. The van der Waals surface area contributed by atoms with Gasteiger partial charge in [0.15, 0.2) is 0 Å². The van der Waals surface area contributed by atoms with Crippen molar-refractivity contribution in [2.24, 2.45) is 0 Å². The first kappa shape index (κ1) is 7.68. The molecule has 12 heavy (non-hydrogen) atoms. The number of nitrogens with zero attached hydrogens (tertiary/aromatic N) is 1. The Morgan fingerprint density at radius 1 is 1.50 bits per heavy atom. The first-order chi connectivity index (χ1) is 5.86. The molecule has 2 nitrogen and oxygen atoms in total. The molecule has 0 saturated carbocycles. The lowest BCUT2D eigenvalue weighted by molar-refractivity contribution is 0.598. The molecule has 3 heteroatoms. The third kappa shape index (κ3) is 1.46. The average Bonchev–Trinajstić information content (AvgIpc) is 2.58. The van der Waals surface area contributed by atoms with E-state index in [1.807, 2.05) is 0 Å². The van der Waals surface area contributed by atoms with E-state index in [1.54, 1.807) is 6.07 Å². The molecule has 2 rings (SSSR count). The summed E-state index contributed by atoms with van der Waals surface area (Å²) >= 11 is 0. The molecule has 1 saturated heterocycles. The van der Waals surface area contributed by atoms with E-state index in [9.17, 15) is 4.39 Å². The Kier molecular flexibility index (Phi) is 2.04. The van der Waals surface area contributed by atoms with Crippen LogP contribution in [0, 0.1) is 5.82 Å². The van der Waals surface area contributed by atoms with E-state index in [1.165, 1.54) is 18.7 Å². The average molecular weight is 166 g/mol. The van der Waals surface area contributed by atoms with E-state index in [0.717, 1.165) is 18.7 Å². The van der Waals surface area contributed by atoms with Crippen molar-refractivity contribution in [3.63, 3.8) is 0 Å². The van der Waals surface area contributed by atoms with Crippen LogP contribution in [0.15, 0.2) is 18.3 Å². The Morgan fingerprint density at radius 3 is 3.00 bits per heavy atom. The largest absolute Gasteiger partial charge is 0.309 e. The maximum absolute atomic E-state index is 12.5. The SMILES string of the molecule is Fc1ccc([C@@H]2CCCN2)nc1. The van der Waals surface area contributed by atoms with Crippen LogP contribution in [-0.2, 0) is 0 Å². The molecule has 0 bridgehead atoms. The van der Waals surface area contributed by atoms with Crippen molar-refractivity contribution in [2.45, 2.75) is 18.9 Å². The number of hydrogen-bond acceptors (Lipinski definition) is 2. The second-order valence-electron chi connectivity index (χ2n) is 3.05. The van der Waals surface area contributed by atoms with Crippen LogP contribution in [0.1, 0.15) is 24.6 Å². The Balaban J connectivity index is 2.17. The van der Waals surface area contributed by atoms with E-state index in [2.05, 4.69) is 10.3 Å². The Labute approximate surface area is 70.8 Å². The number of rotatable bonds is 1. The van der Waals surface area contributed by atoms with Crippen molar-refractivity contribution in [1.29, 1.82) is 0 Å². The number of aromatic nitrogens is 1. The van der Waals surface area contributed by atoms with Crippen LogP contribution in [0.3, 0.4) is 0 Å². The third-order valence-corrected chi connectivity index (χ3v) is 2.17. The second kappa shape index (κ2) is 3.19. The molecule has 1 aliphatic rings. The lowest BCUT2D eigenvalue weighted by atomic mass is 10.1. The van der Waals surface area contributed by atoms with Gasteiger partial charge in [0.1, 0.15) is 5.82 Å². The van der Waals surface area contributed by atoms with Crippen molar-refractivity contribution >= 4 is 0 Å². The van der Waals surface area contributed by atoms with Crippen molar-refractivity contribution in [3.8, 4) is 0 Å². The fraction of sp³-hybridized carbons (Fsp3) is 0.444. The second-order valence-corrected chi connectivity index (χ2v) is 3.05. The van der Waals surface area contributed by atoms with Crippen molar-refractivity contribution < 1.29 is 4.39 Å². The van der Waals surface area contributed by atoms with Crippen molar-refractivity contribution in [3.05, 3.63) is 29.8 Å². The highest BCUT2D eigenvalue weighted by atomic mass is 19.1. The number of hydrogen-bond donors (Lipinski definition) is 1. The molecule has 0 amide bonds. The number of nitrogens with one attached hydrogen (secondary N) is 1. The highest BCUT2D eigenvalue weighted by Crippen LogP contribution is 2.20. The van der Waals surface area contributed by atoms with Crippen LogP contribution in [0.25, 0.3) is 0 Å². The monoisotopic (exact) mass is 166 g/mol. The van der Waals surface area contributed by atoms with Gasteiger partial charge in [-0.1, -0.05) is 0 Å². The molecule has 0 unspecified atom stereocenters. The summed E-state index contributed by atoms with van der Waals surface area (Å²) in [5.74, 6) is -0.267. The van der Waals surface area contributed by atoms with Gasteiger partial charge >= 0.3 is 0 Å². The molecule has 64 valence electrons. The van der Waals surface area contributed by atoms with Gasteiger partial charge in [0.25, 0.3) is 0 Å². The molecule has 0 aliphatic carbocycles. The van der Waals surface area contributed by atoms with Crippen LogP contribution in [-0.4, -0.2) is 11.5 Å². The van der Waals surface area contributed by atoms with E-state index < -0.39 is 0 Å². The highest BCUT2D eigenvalue weighted by molar-refractivity contribution is 5.10. The summed E-state index contributed by atoms with van der Waals surface area (Å²) in [4.78, 5) is 4.02. The molecule has 0 aromatic carbocycles. The van der Waals surface area contributed by atoms with Crippen molar-refractivity contribution in [2.75, 3.05) is 6.54 Å². The predicted molar refractivity (Wildman–Crippen MR) is 44.2 cm³/mol. The highest BCUT2D eigenvalue weighted by Gasteiger charge is 2.16. The first-order valence-electron chi connectivity index (χ1n) is 4.21. The Bertz CT molecular complexity index is 252. The maximum atomic E-state index is 12.5. The first-order valence-corrected chi connectivity index (χ1v) is 4.21. The molecular formula is C9H11FN2. The van der Waals surface area contributed by atoms with Gasteiger partial charge in [-0.05, 0) is 31.5 Å². The molecule has 1 fully saturated rings. The molecule has 1 atom stereocenters. The summed E-state index contributed by atoms with van der Waals surface area (Å²) in [6.45, 7) is 1.05. The van der Waals surface area contributed by atoms with Gasteiger partial charge in [-0.2, -0.15) is 0 Å². The number of pyridine rings is 1. The van der Waals surface area contributed by atoms with Crippen LogP contribution in [0.2, 0.25) is 0 Å². The molecule has 1 aliphatic heterocycles. The zero-order chi connectivity index (χ0) is 8.39. The van der Waals surface area contributed by atoms with E-state index >= 15 is 0 Å². The van der Waals surface area contributed by atoms with E-state index in [0.29, 0.717) is 6.04 Å². The van der Waals surface area contributed by atoms with Crippen LogP contribution in [0.5, 0.6) is 0 Å². The molecule has 1 aromatic heterocycles. The lowest BCUT2D eigenvalue weighted by Gasteiger charge is -2.07. The summed E-state index contributed by atoms with van der Waals surface area (Å²) in [6.07, 6.45) is 3.57. The zero-order valence-electron chi connectivity index (χ0n) is 6.76. The summed E-state index contributed by atoms with van der Waals surface area (Å²) in [7, 11) is 0. The molecule has 2 heterocycles. The minimum atomic E-state index is -0.267. The minimum absolute atomic E-state index is 0.267. The smallest absolute Gasteiger partial charge is 0.141 e. The topological polar surface area (TPSA) is 24.9 Å². The molecule has 1 N–H and O–H groups in total.